The fourth-order valence-corrected chi connectivity index (χ4v) is 10.3. The van der Waals surface area contributed by atoms with Gasteiger partial charge in [0.15, 0.2) is 0 Å². The second-order valence-corrected chi connectivity index (χ2v) is 21.6. The summed E-state index contributed by atoms with van der Waals surface area (Å²) in [4.78, 5) is 6.41. The number of unbranched alkanes of at least 4 members (excludes halogenated alkanes) is 36. The Labute approximate surface area is 442 Å². The molecule has 0 fully saturated rings. The zero-order valence-corrected chi connectivity index (χ0v) is 47.6. The topological polar surface area (TPSA) is 25.3 Å². The molecule has 1 heterocycles. The Balaban J connectivity index is 0.000000490. The maximum atomic E-state index is 11.1. The molecule has 0 radical (unpaired) electrons. The molecule has 0 saturated heterocycles. The SMILES string of the molecule is CCCCCCCCCCCCCCCCCC#[C][Ni][C]#CCCCCCCCCCCCCCCCCC.CCCCCCc1cccc(C2=CC(C)=C(c3cccc(CCCCCC)c3)[N+]2=[N-])c1. The summed E-state index contributed by atoms with van der Waals surface area (Å²) < 4.78 is 1.39. The van der Waals surface area contributed by atoms with Crippen LogP contribution < -0.4 is 0 Å². The van der Waals surface area contributed by atoms with Gasteiger partial charge in [0.2, 0.25) is 11.4 Å². The molecule has 0 spiro atoms. The molecule has 0 atom stereocenters. The van der Waals surface area contributed by atoms with E-state index in [0.717, 1.165) is 53.8 Å². The van der Waals surface area contributed by atoms with E-state index in [1.165, 1.54) is 274 Å². The number of allylic oxidation sites excluding steroid dienone is 2. The third-order valence-electron chi connectivity index (χ3n) is 14.2. The molecule has 0 aromatic heterocycles. The average Bonchev–Trinajstić information content (AvgIpc) is 3.68. The summed E-state index contributed by atoms with van der Waals surface area (Å²) >= 11 is 1.32. The molecule has 3 rings (SSSR count). The fraction of sp³-hybridized carbons (Fsp3) is 0.701. The first-order valence-corrected chi connectivity index (χ1v) is 31.2. The van der Waals surface area contributed by atoms with Crippen molar-refractivity contribution in [2.45, 2.75) is 304 Å². The zero-order valence-electron chi connectivity index (χ0n) is 46.6. The first-order valence-electron chi connectivity index (χ1n) is 30.2. The summed E-state index contributed by atoms with van der Waals surface area (Å²) in [6.07, 6.45) is 59.3. The van der Waals surface area contributed by atoms with E-state index >= 15 is 0 Å². The average molecular weight is 1000 g/mol. The van der Waals surface area contributed by atoms with Gasteiger partial charge in [0.25, 0.3) is 0 Å². The van der Waals surface area contributed by atoms with Crippen LogP contribution in [0.5, 0.6) is 0 Å². The van der Waals surface area contributed by atoms with Crippen molar-refractivity contribution in [3.05, 3.63) is 88.0 Å². The van der Waals surface area contributed by atoms with Crippen molar-refractivity contribution < 1.29 is 19.1 Å². The molecule has 0 saturated carbocycles. The number of hydrogen-bond acceptors (Lipinski definition) is 0. The van der Waals surface area contributed by atoms with Crippen molar-refractivity contribution in [2.24, 2.45) is 0 Å². The summed E-state index contributed by atoms with van der Waals surface area (Å²) in [5, 5.41) is 0. The first-order chi connectivity index (χ1) is 34.5. The van der Waals surface area contributed by atoms with Gasteiger partial charge in [0.05, 0.1) is 0 Å². The Morgan fingerprint density at radius 2 is 0.714 bits per heavy atom. The Kier molecular flexibility index (Phi) is 42.6. The van der Waals surface area contributed by atoms with Crippen molar-refractivity contribution in [1.29, 1.82) is 0 Å². The molecule has 2 nitrogen and oxygen atoms in total. The Hall–Kier alpha value is -2.87. The van der Waals surface area contributed by atoms with Gasteiger partial charge in [0, 0.05) is 22.8 Å². The van der Waals surface area contributed by atoms with Crippen LogP contribution in [0.1, 0.15) is 314 Å². The molecule has 2 aromatic rings. The van der Waals surface area contributed by atoms with E-state index in [0.29, 0.717) is 0 Å². The molecular weight excluding hydrogens is 891 g/mol. The predicted octanol–water partition coefficient (Wildman–Crippen LogP) is 22.3. The third kappa shape index (κ3) is 33.7. The molecule has 0 N–H and O–H groups in total. The Morgan fingerprint density at radius 3 is 1.09 bits per heavy atom. The standard InChI is InChI=1S/C29H38N2.2C19H35.Ni/c1-4-6-8-10-14-24-16-12-18-26(21-24)28-20-23(3)29(31(28)30)27-19-13-17-25(22-27)15-11-9-7-5-2;2*1-3-5-7-9-11-13-15-17-19-18-16-14-12-10-8-6-4-2;/h12-13,16-22H,4-11,14-15H2,1-3H3;2*3,5-19H2,1H3;. The van der Waals surface area contributed by atoms with Crippen molar-refractivity contribution in [3.8, 4) is 21.6 Å². The molecule has 0 unspecified atom stereocenters. The molecule has 0 amide bonds. The monoisotopic (exact) mass is 999 g/mol. The normalized spacial score (nSPS) is 12.1. The number of rotatable bonds is 42. The second kappa shape index (κ2) is 47.2. The smallest absolute Gasteiger partial charge is 0.493 e. The number of benzene rings is 2. The maximum absolute atomic E-state index is 11.1. The summed E-state index contributed by atoms with van der Waals surface area (Å²) in [6.45, 7) is 11.2. The van der Waals surface area contributed by atoms with Crippen molar-refractivity contribution >= 4 is 11.4 Å². The molecule has 1 aliphatic rings. The summed E-state index contributed by atoms with van der Waals surface area (Å²) in [5.41, 5.74) is 18.9. The summed E-state index contributed by atoms with van der Waals surface area (Å²) in [7, 11) is 0. The van der Waals surface area contributed by atoms with Gasteiger partial charge in [-0.1, -0.05) is 168 Å². The van der Waals surface area contributed by atoms with E-state index < -0.39 is 0 Å². The van der Waals surface area contributed by atoms with Gasteiger partial charge in [-0.15, -0.1) is 0 Å². The van der Waals surface area contributed by atoms with Crippen molar-refractivity contribution in [3.63, 3.8) is 0 Å². The molecule has 0 bridgehead atoms. The van der Waals surface area contributed by atoms with E-state index in [9.17, 15) is 5.53 Å². The quantitative estimate of drug-likeness (QED) is 0.0274. The molecule has 396 valence electrons. The minimum absolute atomic E-state index is 0.872. The Morgan fingerprint density at radius 1 is 0.400 bits per heavy atom. The molecular formula is C67H108N2Ni. The zero-order chi connectivity index (χ0) is 50.2. The summed E-state index contributed by atoms with van der Waals surface area (Å²) in [6, 6.07) is 17.3. The van der Waals surface area contributed by atoms with Gasteiger partial charge >= 0.3 is 164 Å². The van der Waals surface area contributed by atoms with E-state index in [1.807, 2.05) is 0 Å². The molecule has 0 aliphatic carbocycles. The second-order valence-electron chi connectivity index (χ2n) is 20.9. The number of hydrogen-bond donors (Lipinski definition) is 0. The van der Waals surface area contributed by atoms with Crippen molar-refractivity contribution in [1.82, 2.24) is 0 Å². The van der Waals surface area contributed by atoms with Crippen LogP contribution in [0.2, 0.25) is 0 Å². The molecule has 70 heavy (non-hydrogen) atoms. The van der Waals surface area contributed by atoms with Crippen LogP contribution in [0.3, 0.4) is 0 Å². The van der Waals surface area contributed by atoms with E-state index in [2.05, 4.69) is 111 Å². The molecule has 3 heteroatoms. The van der Waals surface area contributed by atoms with E-state index in [4.69, 9.17) is 0 Å². The third-order valence-corrected chi connectivity index (χ3v) is 14.8. The van der Waals surface area contributed by atoms with Gasteiger partial charge in [-0.3, -0.25) is 0 Å². The van der Waals surface area contributed by atoms with Gasteiger partial charge in [0.1, 0.15) is 0 Å². The van der Waals surface area contributed by atoms with E-state index in [1.54, 1.807) is 0 Å². The van der Waals surface area contributed by atoms with Crippen LogP contribution in [-0.4, -0.2) is 4.70 Å². The van der Waals surface area contributed by atoms with Crippen LogP contribution in [-0.2, 0) is 27.3 Å². The van der Waals surface area contributed by atoms with Gasteiger partial charge < -0.3 is 5.53 Å². The van der Waals surface area contributed by atoms with Crippen LogP contribution >= 0.6 is 0 Å². The molecule has 2 aromatic carbocycles. The van der Waals surface area contributed by atoms with Gasteiger partial charge in [-0.25, -0.2) is 4.70 Å². The van der Waals surface area contributed by atoms with E-state index in [-0.39, 0.29) is 0 Å². The van der Waals surface area contributed by atoms with Gasteiger partial charge in [-0.05, 0) is 68.0 Å². The summed E-state index contributed by atoms with van der Waals surface area (Å²) in [5.74, 6) is 6.62. The van der Waals surface area contributed by atoms with Crippen LogP contribution in [0.4, 0.5) is 0 Å². The molecule has 1 aliphatic heterocycles. The first kappa shape index (κ1) is 63.3. The van der Waals surface area contributed by atoms with Crippen LogP contribution in [0, 0.1) is 21.6 Å². The predicted molar refractivity (Wildman–Crippen MR) is 307 cm³/mol. The minimum Gasteiger partial charge on any atom is -0.493 e. The van der Waals surface area contributed by atoms with Crippen LogP contribution in [0.15, 0.2) is 60.2 Å². The van der Waals surface area contributed by atoms with Gasteiger partial charge in [-0.2, -0.15) is 0 Å². The number of nitrogens with zero attached hydrogens (tertiary/aromatic N) is 2. The number of aryl methyl sites for hydroxylation is 2. The van der Waals surface area contributed by atoms with Crippen LogP contribution in [0.25, 0.3) is 16.9 Å². The Bertz CT molecular complexity index is 1710. The van der Waals surface area contributed by atoms with Crippen molar-refractivity contribution in [2.75, 3.05) is 0 Å². The minimum atomic E-state index is 0.872. The fourth-order valence-electron chi connectivity index (χ4n) is 9.77.